The number of hydrogen-bond acceptors (Lipinski definition) is 8. The van der Waals surface area contributed by atoms with Crippen LogP contribution in [0.15, 0.2) is 47.4 Å². The molecule has 0 saturated carbocycles. The molecule has 2 aromatic carbocycles. The van der Waals surface area contributed by atoms with Crippen LogP contribution in [0.2, 0.25) is 0 Å². The highest BCUT2D eigenvalue weighted by atomic mass is 32.2. The van der Waals surface area contributed by atoms with Gasteiger partial charge in [-0.3, -0.25) is 4.90 Å². The normalized spacial score (nSPS) is 15.1. The monoisotopic (exact) mass is 608 g/mol. The van der Waals surface area contributed by atoms with E-state index >= 15 is 0 Å². The largest absolute Gasteiger partial charge is 0.479 e. The van der Waals surface area contributed by atoms with E-state index in [0.29, 0.717) is 48.4 Å². The lowest BCUT2D eigenvalue weighted by atomic mass is 10.1. The highest BCUT2D eigenvalue weighted by Crippen LogP contribution is 2.37. The average Bonchev–Trinajstić information content (AvgIpc) is 3.36. The molecule has 1 atom stereocenters. The second-order valence-corrected chi connectivity index (χ2v) is 11.8. The van der Waals surface area contributed by atoms with Crippen LogP contribution in [-0.4, -0.2) is 54.9 Å². The van der Waals surface area contributed by atoms with Gasteiger partial charge in [0, 0.05) is 40.7 Å². The highest BCUT2D eigenvalue weighted by Gasteiger charge is 2.30. The Labute approximate surface area is 247 Å². The molecule has 1 aliphatic rings. The number of ether oxygens (including phenoxy) is 3. The summed E-state index contributed by atoms with van der Waals surface area (Å²) < 4.78 is 55.7. The Morgan fingerprint density at radius 3 is 2.54 bits per heavy atom. The van der Waals surface area contributed by atoms with E-state index in [1.165, 1.54) is 23.5 Å². The summed E-state index contributed by atoms with van der Waals surface area (Å²) in [6.07, 6.45) is -3.35. The molecule has 0 bridgehead atoms. The smallest absolute Gasteiger partial charge is 0.416 e. The van der Waals surface area contributed by atoms with Crippen molar-refractivity contribution in [2.45, 2.75) is 63.1 Å². The Morgan fingerprint density at radius 1 is 1.15 bits per heavy atom. The third-order valence-corrected chi connectivity index (χ3v) is 8.91. The summed E-state index contributed by atoms with van der Waals surface area (Å²) in [5.41, 5.74) is 1.97. The summed E-state index contributed by atoms with van der Waals surface area (Å²) >= 11 is 3.20. The molecule has 4 rings (SSSR count). The average molecular weight is 609 g/mol. The van der Waals surface area contributed by atoms with Crippen LogP contribution in [0.1, 0.15) is 48.9 Å². The summed E-state index contributed by atoms with van der Waals surface area (Å²) in [7, 11) is 0. The summed E-state index contributed by atoms with van der Waals surface area (Å²) in [5.74, 6) is 0.950. The highest BCUT2D eigenvalue weighted by molar-refractivity contribution is 7.98. The number of alkyl halides is 3. The molecule has 222 valence electrons. The molecule has 11 heteroatoms. The van der Waals surface area contributed by atoms with Gasteiger partial charge < -0.3 is 14.2 Å². The van der Waals surface area contributed by atoms with Crippen LogP contribution in [-0.2, 0) is 39.2 Å². The molecule has 0 amide bonds. The number of aryl methyl sites for hydroxylation is 1. The van der Waals surface area contributed by atoms with Gasteiger partial charge in [-0.15, -0.1) is 23.1 Å². The van der Waals surface area contributed by atoms with Crippen molar-refractivity contribution in [3.63, 3.8) is 0 Å². The molecule has 3 aromatic rings. The van der Waals surface area contributed by atoms with Crippen LogP contribution in [0, 0.1) is 0 Å². The number of thioether (sulfide) groups is 1. The number of morpholine rings is 1. The molecule has 2 heterocycles. The maximum absolute atomic E-state index is 13.1. The Balaban J connectivity index is 1.53. The zero-order chi connectivity index (χ0) is 29.4. The Kier molecular flexibility index (Phi) is 11.1. The number of carbonyl (C=O) groups excluding carboxylic acids is 1. The van der Waals surface area contributed by atoms with Gasteiger partial charge in [-0.2, -0.15) is 13.2 Å². The topological polar surface area (TPSA) is 60.9 Å². The molecular formula is C30H35F3N2O4S2. The van der Waals surface area contributed by atoms with E-state index in [0.717, 1.165) is 59.1 Å². The van der Waals surface area contributed by atoms with Crippen molar-refractivity contribution in [2.75, 3.05) is 32.9 Å². The van der Waals surface area contributed by atoms with Gasteiger partial charge in [-0.25, -0.2) is 9.78 Å². The van der Waals surface area contributed by atoms with Gasteiger partial charge in [0.1, 0.15) is 10.8 Å². The minimum absolute atomic E-state index is 0.301. The Hall–Kier alpha value is -2.60. The maximum Gasteiger partial charge on any atom is 0.416 e. The summed E-state index contributed by atoms with van der Waals surface area (Å²) in [4.78, 5) is 21.4. The standard InChI is InChI=1S/C30H35F3N2O4S2/c1-4-6-22-17-24(11-12-26(22)39-20(3)29(36)38-5-2)40-19-27-25(18-35-13-15-37-16-14-35)34-28(41-27)21-7-9-23(10-8-21)30(31,32)33/h7-12,17,20H,4-6,13-16,18-19H2,1-3H3. The Morgan fingerprint density at radius 2 is 1.88 bits per heavy atom. The van der Waals surface area contributed by atoms with Gasteiger partial charge >= 0.3 is 12.1 Å². The number of esters is 1. The minimum atomic E-state index is -4.38. The van der Waals surface area contributed by atoms with E-state index < -0.39 is 23.8 Å². The first-order valence-corrected chi connectivity index (χ1v) is 15.5. The number of aromatic nitrogens is 1. The number of hydrogen-bond donors (Lipinski definition) is 0. The summed E-state index contributed by atoms with van der Waals surface area (Å²) in [6.45, 7) is 9.47. The Bertz CT molecular complexity index is 1290. The van der Waals surface area contributed by atoms with Crippen molar-refractivity contribution in [1.29, 1.82) is 0 Å². The second-order valence-electron chi connectivity index (χ2n) is 9.67. The molecule has 0 N–H and O–H groups in total. The van der Waals surface area contributed by atoms with Crippen LogP contribution < -0.4 is 4.74 Å². The third kappa shape index (κ3) is 8.70. The van der Waals surface area contributed by atoms with Gasteiger partial charge in [0.2, 0.25) is 0 Å². The van der Waals surface area contributed by atoms with Crippen LogP contribution in [0.5, 0.6) is 5.75 Å². The molecular weight excluding hydrogens is 573 g/mol. The molecule has 1 unspecified atom stereocenters. The van der Waals surface area contributed by atoms with Crippen molar-refractivity contribution >= 4 is 29.1 Å². The number of rotatable bonds is 12. The fraction of sp³-hybridized carbons (Fsp3) is 0.467. The van der Waals surface area contributed by atoms with Gasteiger partial charge in [0.25, 0.3) is 0 Å². The molecule has 1 fully saturated rings. The number of thiazole rings is 1. The number of nitrogens with zero attached hydrogens (tertiary/aromatic N) is 2. The van der Waals surface area contributed by atoms with Crippen molar-refractivity contribution in [1.82, 2.24) is 9.88 Å². The van der Waals surface area contributed by atoms with Crippen LogP contribution in [0.4, 0.5) is 13.2 Å². The second kappa shape index (κ2) is 14.5. The number of benzene rings is 2. The molecule has 0 spiro atoms. The molecule has 1 aliphatic heterocycles. The van der Waals surface area contributed by atoms with Gasteiger partial charge in [0.05, 0.1) is 31.1 Å². The van der Waals surface area contributed by atoms with E-state index in [1.54, 1.807) is 25.6 Å². The van der Waals surface area contributed by atoms with E-state index in [4.69, 9.17) is 19.2 Å². The van der Waals surface area contributed by atoms with Crippen LogP contribution in [0.3, 0.4) is 0 Å². The van der Waals surface area contributed by atoms with E-state index in [-0.39, 0.29) is 0 Å². The van der Waals surface area contributed by atoms with Crippen LogP contribution in [0.25, 0.3) is 10.6 Å². The molecule has 41 heavy (non-hydrogen) atoms. The zero-order valence-electron chi connectivity index (χ0n) is 23.5. The molecule has 6 nitrogen and oxygen atoms in total. The molecule has 1 saturated heterocycles. The fourth-order valence-electron chi connectivity index (χ4n) is 4.39. The van der Waals surface area contributed by atoms with E-state index in [9.17, 15) is 18.0 Å². The van der Waals surface area contributed by atoms with E-state index in [2.05, 4.69) is 17.9 Å². The summed E-state index contributed by atoms with van der Waals surface area (Å²) in [5, 5.41) is 0.709. The van der Waals surface area contributed by atoms with Gasteiger partial charge in [-0.1, -0.05) is 25.5 Å². The quantitative estimate of drug-likeness (QED) is 0.159. The zero-order valence-corrected chi connectivity index (χ0v) is 25.1. The lowest BCUT2D eigenvalue weighted by Gasteiger charge is -2.26. The first-order chi connectivity index (χ1) is 19.7. The number of carbonyl (C=O) groups is 1. The maximum atomic E-state index is 13.1. The molecule has 0 radical (unpaired) electrons. The third-order valence-electron chi connectivity index (χ3n) is 6.56. The van der Waals surface area contributed by atoms with Crippen molar-refractivity contribution in [3.05, 3.63) is 64.2 Å². The summed E-state index contributed by atoms with van der Waals surface area (Å²) in [6, 6.07) is 11.2. The first-order valence-electron chi connectivity index (χ1n) is 13.7. The van der Waals surface area contributed by atoms with Crippen molar-refractivity contribution in [2.24, 2.45) is 0 Å². The first kappa shape index (κ1) is 31.3. The minimum Gasteiger partial charge on any atom is -0.479 e. The fourth-order valence-corrected chi connectivity index (χ4v) is 6.53. The lowest BCUT2D eigenvalue weighted by molar-refractivity contribution is -0.150. The van der Waals surface area contributed by atoms with Gasteiger partial charge in [-0.05, 0) is 56.2 Å². The van der Waals surface area contributed by atoms with Gasteiger partial charge in [0.15, 0.2) is 6.10 Å². The van der Waals surface area contributed by atoms with Crippen molar-refractivity contribution in [3.8, 4) is 16.3 Å². The van der Waals surface area contributed by atoms with E-state index in [1.807, 2.05) is 12.1 Å². The van der Waals surface area contributed by atoms with Crippen LogP contribution >= 0.6 is 23.1 Å². The predicted octanol–water partition coefficient (Wildman–Crippen LogP) is 7.24. The lowest BCUT2D eigenvalue weighted by Crippen LogP contribution is -2.35. The number of halogens is 3. The van der Waals surface area contributed by atoms with Crippen molar-refractivity contribution < 1.29 is 32.2 Å². The molecule has 1 aromatic heterocycles. The molecule has 0 aliphatic carbocycles. The predicted molar refractivity (Wildman–Crippen MR) is 155 cm³/mol. The SMILES string of the molecule is CCCc1cc(SCc2sc(-c3ccc(C(F)(F)F)cc3)nc2CN2CCOCC2)ccc1OC(C)C(=O)OCC.